The molecule has 104 valence electrons. The molecule has 1 aliphatic rings. The van der Waals surface area contributed by atoms with Crippen molar-refractivity contribution in [3.63, 3.8) is 0 Å². The molecule has 0 aromatic heterocycles. The van der Waals surface area contributed by atoms with Crippen LogP contribution in [0.1, 0.15) is 30.9 Å². The molecule has 0 aliphatic carbocycles. The van der Waals surface area contributed by atoms with Gasteiger partial charge in [0.2, 0.25) is 0 Å². The summed E-state index contributed by atoms with van der Waals surface area (Å²) >= 11 is 0. The number of hydrogen-bond acceptors (Lipinski definition) is 1. The number of carboxylic acid groups (broad SMARTS) is 1. The Hall–Kier alpha value is -1.72. The highest BCUT2D eigenvalue weighted by atomic mass is 19.4. The van der Waals surface area contributed by atoms with E-state index < -0.39 is 17.8 Å². The monoisotopic (exact) mass is 273 g/mol. The molecular formula is C13H14F3NO2. The molecule has 1 aliphatic heterocycles. The first-order chi connectivity index (χ1) is 8.80. The number of halogens is 3. The van der Waals surface area contributed by atoms with Crippen LogP contribution in [0.25, 0.3) is 0 Å². The van der Waals surface area contributed by atoms with Gasteiger partial charge in [0.05, 0.1) is 11.3 Å². The van der Waals surface area contributed by atoms with Crippen molar-refractivity contribution in [1.29, 1.82) is 0 Å². The fourth-order valence-corrected chi connectivity index (χ4v) is 2.42. The molecule has 1 atom stereocenters. The van der Waals surface area contributed by atoms with E-state index in [9.17, 15) is 23.1 Å². The van der Waals surface area contributed by atoms with E-state index in [4.69, 9.17) is 0 Å². The minimum atomic E-state index is -4.46. The van der Waals surface area contributed by atoms with Crippen molar-refractivity contribution in [1.82, 2.24) is 0 Å². The van der Waals surface area contributed by atoms with Crippen LogP contribution in [0.5, 0.6) is 0 Å². The zero-order valence-corrected chi connectivity index (χ0v) is 10.4. The Morgan fingerprint density at radius 1 is 1.42 bits per heavy atom. The van der Waals surface area contributed by atoms with E-state index in [1.807, 2.05) is 0 Å². The number of rotatable bonds is 0. The zero-order valence-electron chi connectivity index (χ0n) is 10.4. The summed E-state index contributed by atoms with van der Waals surface area (Å²) in [6, 6.07) is 3.01. The van der Waals surface area contributed by atoms with Gasteiger partial charge in [0, 0.05) is 6.04 Å². The molecular weight excluding hydrogens is 259 g/mol. The van der Waals surface area contributed by atoms with Gasteiger partial charge in [-0.15, -0.1) is 0 Å². The quantitative estimate of drug-likeness (QED) is 0.778. The molecule has 0 saturated carbocycles. The summed E-state index contributed by atoms with van der Waals surface area (Å²) < 4.78 is 38.2. The van der Waals surface area contributed by atoms with Crippen molar-refractivity contribution in [2.45, 2.75) is 38.4 Å². The second-order valence-electron chi connectivity index (χ2n) is 4.74. The maximum atomic E-state index is 12.7. The van der Waals surface area contributed by atoms with Crippen molar-refractivity contribution in [2.75, 3.05) is 4.90 Å². The van der Waals surface area contributed by atoms with Gasteiger partial charge >= 0.3 is 12.3 Å². The van der Waals surface area contributed by atoms with E-state index >= 15 is 0 Å². The summed E-state index contributed by atoms with van der Waals surface area (Å²) in [6.07, 6.45) is -3.67. The highest BCUT2D eigenvalue weighted by Gasteiger charge is 2.33. The van der Waals surface area contributed by atoms with Gasteiger partial charge in [-0.25, -0.2) is 4.79 Å². The molecule has 1 unspecified atom stereocenters. The summed E-state index contributed by atoms with van der Waals surface area (Å²) in [6.45, 7) is 1.71. The topological polar surface area (TPSA) is 40.5 Å². The van der Waals surface area contributed by atoms with Gasteiger partial charge in [-0.1, -0.05) is 6.07 Å². The highest BCUT2D eigenvalue weighted by molar-refractivity contribution is 5.88. The third-order valence-corrected chi connectivity index (χ3v) is 3.39. The third-order valence-electron chi connectivity index (χ3n) is 3.39. The fourth-order valence-electron chi connectivity index (χ4n) is 2.42. The van der Waals surface area contributed by atoms with E-state index in [0.29, 0.717) is 18.4 Å². The number of alkyl halides is 3. The minimum Gasteiger partial charge on any atom is -0.465 e. The van der Waals surface area contributed by atoms with Crippen LogP contribution in [0.4, 0.5) is 23.7 Å². The van der Waals surface area contributed by atoms with E-state index in [-0.39, 0.29) is 11.7 Å². The molecule has 0 saturated heterocycles. The summed E-state index contributed by atoms with van der Waals surface area (Å²) in [5.41, 5.74) is -0.00123. The van der Waals surface area contributed by atoms with Crippen LogP contribution in [-0.4, -0.2) is 17.2 Å². The van der Waals surface area contributed by atoms with E-state index in [1.54, 1.807) is 6.92 Å². The molecule has 1 N–H and O–H groups in total. The van der Waals surface area contributed by atoms with Gasteiger partial charge in [0.15, 0.2) is 0 Å². The lowest BCUT2D eigenvalue weighted by Crippen LogP contribution is -2.37. The van der Waals surface area contributed by atoms with Crippen LogP contribution in [0.2, 0.25) is 0 Å². The fraction of sp³-hybridized carbons (Fsp3) is 0.462. The number of anilines is 1. The molecule has 19 heavy (non-hydrogen) atoms. The standard InChI is InChI=1S/C13H14F3NO2/c1-8-3-2-4-9-5-6-10(13(14,15)16)7-11(9)17(8)12(18)19/h5-8H,2-4H2,1H3,(H,18,19). The first kappa shape index (κ1) is 13.7. The number of carbonyl (C=O) groups is 1. The SMILES string of the molecule is CC1CCCc2ccc(C(F)(F)F)cc2N1C(=O)O. The molecule has 0 spiro atoms. The van der Waals surface area contributed by atoms with E-state index in [2.05, 4.69) is 0 Å². The van der Waals surface area contributed by atoms with Crippen LogP contribution in [0.3, 0.4) is 0 Å². The number of fused-ring (bicyclic) bond motifs is 1. The van der Waals surface area contributed by atoms with Crippen LogP contribution in [-0.2, 0) is 12.6 Å². The van der Waals surface area contributed by atoms with Crippen molar-refractivity contribution < 1.29 is 23.1 Å². The maximum Gasteiger partial charge on any atom is 0.416 e. The molecule has 3 nitrogen and oxygen atoms in total. The van der Waals surface area contributed by atoms with Crippen molar-refractivity contribution >= 4 is 11.8 Å². The molecule has 6 heteroatoms. The van der Waals surface area contributed by atoms with Crippen LogP contribution >= 0.6 is 0 Å². The van der Waals surface area contributed by atoms with E-state index in [0.717, 1.165) is 23.5 Å². The Kier molecular flexibility index (Phi) is 3.43. The molecule has 1 amide bonds. The predicted octanol–water partition coefficient (Wildman–Crippen LogP) is 3.91. The smallest absolute Gasteiger partial charge is 0.416 e. The number of amides is 1. The molecule has 0 bridgehead atoms. The summed E-state index contributed by atoms with van der Waals surface area (Å²) in [5.74, 6) is 0. The molecule has 1 aromatic carbocycles. The maximum absolute atomic E-state index is 12.7. The third kappa shape index (κ3) is 2.67. The lowest BCUT2D eigenvalue weighted by atomic mass is 10.0. The van der Waals surface area contributed by atoms with Gasteiger partial charge < -0.3 is 5.11 Å². The van der Waals surface area contributed by atoms with Crippen LogP contribution < -0.4 is 4.90 Å². The van der Waals surface area contributed by atoms with Crippen molar-refractivity contribution in [3.8, 4) is 0 Å². The summed E-state index contributed by atoms with van der Waals surface area (Å²) in [4.78, 5) is 12.3. The first-order valence-electron chi connectivity index (χ1n) is 6.03. The Morgan fingerprint density at radius 2 is 2.11 bits per heavy atom. The molecule has 1 heterocycles. The van der Waals surface area contributed by atoms with Gasteiger partial charge in [0.1, 0.15) is 0 Å². The van der Waals surface area contributed by atoms with Crippen LogP contribution in [0.15, 0.2) is 18.2 Å². The Balaban J connectivity index is 2.55. The van der Waals surface area contributed by atoms with Gasteiger partial charge in [-0.05, 0) is 43.9 Å². The summed E-state index contributed by atoms with van der Waals surface area (Å²) in [7, 11) is 0. The number of hydrogen-bond donors (Lipinski definition) is 1. The largest absolute Gasteiger partial charge is 0.465 e. The Labute approximate surface area is 108 Å². The second-order valence-corrected chi connectivity index (χ2v) is 4.74. The predicted molar refractivity (Wildman–Crippen MR) is 64.3 cm³/mol. The van der Waals surface area contributed by atoms with Gasteiger partial charge in [-0.2, -0.15) is 13.2 Å². The van der Waals surface area contributed by atoms with E-state index in [1.165, 1.54) is 6.07 Å². The number of nitrogens with zero attached hydrogens (tertiary/aromatic N) is 1. The minimum absolute atomic E-state index is 0.160. The lowest BCUT2D eigenvalue weighted by molar-refractivity contribution is -0.137. The average molecular weight is 273 g/mol. The number of aryl methyl sites for hydroxylation is 1. The Morgan fingerprint density at radius 3 is 2.68 bits per heavy atom. The molecule has 2 rings (SSSR count). The lowest BCUT2D eigenvalue weighted by Gasteiger charge is -2.26. The normalized spacial score (nSPS) is 19.8. The molecule has 0 fully saturated rings. The molecule has 1 aromatic rings. The first-order valence-corrected chi connectivity index (χ1v) is 6.03. The van der Waals surface area contributed by atoms with Gasteiger partial charge in [-0.3, -0.25) is 4.90 Å². The van der Waals surface area contributed by atoms with Crippen molar-refractivity contribution in [3.05, 3.63) is 29.3 Å². The summed E-state index contributed by atoms with van der Waals surface area (Å²) in [5, 5.41) is 9.22. The van der Waals surface area contributed by atoms with Crippen molar-refractivity contribution in [2.24, 2.45) is 0 Å². The zero-order chi connectivity index (χ0) is 14.2. The highest BCUT2D eigenvalue weighted by Crippen LogP contribution is 2.36. The second kappa shape index (κ2) is 4.75. The van der Waals surface area contributed by atoms with Gasteiger partial charge in [0.25, 0.3) is 0 Å². The van der Waals surface area contributed by atoms with Crippen LogP contribution in [0, 0.1) is 0 Å². The Bertz CT molecular complexity index is 499. The molecule has 0 radical (unpaired) electrons. The number of benzene rings is 1. The average Bonchev–Trinajstić information content (AvgIpc) is 2.44.